The van der Waals surface area contributed by atoms with Crippen LogP contribution in [0.25, 0.3) is 0 Å². The van der Waals surface area contributed by atoms with E-state index >= 15 is 0 Å². The van der Waals surface area contributed by atoms with Crippen LogP contribution in [0.2, 0.25) is 0 Å². The van der Waals surface area contributed by atoms with Gasteiger partial charge >= 0.3 is 0 Å². The zero-order valence-corrected chi connectivity index (χ0v) is 14.7. The average Bonchev–Trinajstić information content (AvgIpc) is 2.41. The predicted molar refractivity (Wildman–Crippen MR) is 94.7 cm³/mol. The van der Waals surface area contributed by atoms with Gasteiger partial charge in [0.25, 0.3) is 0 Å². The van der Waals surface area contributed by atoms with Gasteiger partial charge in [0.05, 0.1) is 31.5 Å². The van der Waals surface area contributed by atoms with E-state index in [-0.39, 0.29) is 0 Å². The quantitative estimate of drug-likeness (QED) is 0.633. The number of nitrogens with one attached hydrogen (secondary N) is 2. The van der Waals surface area contributed by atoms with Crippen LogP contribution in [-0.4, -0.2) is 43.0 Å². The van der Waals surface area contributed by atoms with Crippen molar-refractivity contribution in [2.45, 2.75) is 20.8 Å². The van der Waals surface area contributed by atoms with Crippen LogP contribution in [0.5, 0.6) is 0 Å². The summed E-state index contributed by atoms with van der Waals surface area (Å²) in [4.78, 5) is 7.79. The number of hydrogen-bond acceptors (Lipinski definition) is 4. The lowest BCUT2D eigenvalue weighted by Gasteiger charge is -2.13. The van der Waals surface area contributed by atoms with Crippen LogP contribution in [0.3, 0.4) is 0 Å². The zero-order chi connectivity index (χ0) is 15.5. The van der Waals surface area contributed by atoms with Crippen molar-refractivity contribution in [3.8, 4) is 0 Å². The molecule has 4 nitrogen and oxygen atoms in total. The molecule has 0 spiro atoms. The second-order valence-electron chi connectivity index (χ2n) is 4.52. The third kappa shape index (κ3) is 8.24. The Morgan fingerprint density at radius 1 is 1.25 bits per heavy atom. The highest BCUT2D eigenvalue weighted by Gasteiger charge is 1.95. The highest BCUT2D eigenvalue weighted by Crippen LogP contribution is 2.11. The van der Waals surface area contributed by atoms with Gasteiger partial charge < -0.3 is 40.0 Å². The smallest absolute Gasteiger partial charge is 0.129 e. The van der Waals surface area contributed by atoms with Gasteiger partial charge in [0.2, 0.25) is 0 Å². The molecule has 1 rings (SSSR count). The molecular weight excluding hydrogens is 288 g/mol. The molecule has 0 aromatic carbocycles. The molecule has 0 atom stereocenters. The third-order valence-corrected chi connectivity index (χ3v) is 3.20. The van der Waals surface area contributed by atoms with Gasteiger partial charge in [-0.05, 0) is 32.9 Å². The predicted octanol–water partition coefficient (Wildman–Crippen LogP) is 1.32. The summed E-state index contributed by atoms with van der Waals surface area (Å²) in [6.07, 6.45) is 1.76. The second-order valence-corrected chi connectivity index (χ2v) is 5.59. The lowest BCUT2D eigenvalue weighted by Crippen LogP contribution is -3.11. The van der Waals surface area contributed by atoms with Gasteiger partial charge in [-0.25, -0.2) is 4.98 Å². The maximum absolute atomic E-state index is 4.72. The first kappa shape index (κ1) is 19.0. The van der Waals surface area contributed by atoms with E-state index in [4.69, 9.17) is 24.8 Å². The van der Waals surface area contributed by atoms with Crippen molar-refractivity contribution in [3.05, 3.63) is 18.3 Å². The van der Waals surface area contributed by atoms with Gasteiger partial charge in [0, 0.05) is 14.1 Å². The fraction of sp³-hybridized carbons (Fsp3) is 0.571. The average molecular weight is 315 g/mol. The van der Waals surface area contributed by atoms with Gasteiger partial charge in [0.1, 0.15) is 5.82 Å². The monoisotopic (exact) mass is 314 g/mol. The molecule has 0 unspecified atom stereocenters. The molecule has 0 aliphatic rings. The fourth-order valence-corrected chi connectivity index (χ4v) is 1.79. The topological polar surface area (TPSA) is 32.6 Å². The van der Waals surface area contributed by atoms with E-state index in [9.17, 15) is 0 Å². The van der Waals surface area contributed by atoms with Crippen LogP contribution in [0.4, 0.5) is 11.5 Å². The molecule has 6 heteroatoms. The summed E-state index contributed by atoms with van der Waals surface area (Å²) in [5.41, 5.74) is 1.04. The summed E-state index contributed by atoms with van der Waals surface area (Å²) >= 11 is 9.43. The standard InChI is InChI=1S/C8H11N3S2.C6H15N/c1-11(2)6-3-4-7(9-5-6)10-8(12)13;1-4-7(5-2)6-3/h3-5H,1-2H3,(H2,9,10,12,13);4-6H2,1-3H3. The van der Waals surface area contributed by atoms with E-state index in [1.54, 1.807) is 11.1 Å². The molecule has 0 saturated carbocycles. The molecule has 0 aliphatic heterocycles. The van der Waals surface area contributed by atoms with Crippen LogP contribution in [0.15, 0.2) is 18.3 Å². The van der Waals surface area contributed by atoms with Crippen molar-refractivity contribution < 1.29 is 4.90 Å². The first-order valence-electron chi connectivity index (χ1n) is 6.89. The van der Waals surface area contributed by atoms with Crippen molar-refractivity contribution in [1.29, 1.82) is 0 Å². The van der Waals surface area contributed by atoms with Gasteiger partial charge in [-0.15, -0.1) is 0 Å². The van der Waals surface area contributed by atoms with Crippen LogP contribution in [0, 0.1) is 0 Å². The number of anilines is 2. The molecule has 0 fully saturated rings. The first-order valence-corrected chi connectivity index (χ1v) is 7.71. The molecule has 2 N–H and O–H groups in total. The van der Waals surface area contributed by atoms with E-state index in [1.807, 2.05) is 31.1 Å². The maximum Gasteiger partial charge on any atom is 0.129 e. The minimum Gasteiger partial charge on any atom is -0.411 e. The number of nitrogens with zero attached hydrogens (tertiary/aromatic N) is 2. The van der Waals surface area contributed by atoms with Crippen molar-refractivity contribution in [3.63, 3.8) is 0 Å². The lowest BCUT2D eigenvalue weighted by molar-refractivity contribution is -0.894. The Balaban J connectivity index is 0.000000441. The van der Waals surface area contributed by atoms with Crippen molar-refractivity contribution >= 4 is 40.7 Å². The van der Waals surface area contributed by atoms with Crippen molar-refractivity contribution in [2.75, 3.05) is 43.9 Å². The summed E-state index contributed by atoms with van der Waals surface area (Å²) in [5, 5.41) is 2.79. The van der Waals surface area contributed by atoms with E-state index in [0.29, 0.717) is 10.1 Å². The summed E-state index contributed by atoms with van der Waals surface area (Å²) in [7, 11) is 3.92. The summed E-state index contributed by atoms with van der Waals surface area (Å²) in [5.74, 6) is 0.686. The Morgan fingerprint density at radius 3 is 2.05 bits per heavy atom. The molecule has 0 saturated heterocycles. The van der Waals surface area contributed by atoms with Crippen LogP contribution >= 0.6 is 12.2 Å². The highest BCUT2D eigenvalue weighted by molar-refractivity contribution is 8.00. The highest BCUT2D eigenvalue weighted by atomic mass is 32.1. The van der Waals surface area contributed by atoms with Crippen LogP contribution < -0.4 is 15.1 Å². The lowest BCUT2D eigenvalue weighted by atomic mass is 10.4. The molecule has 0 bridgehead atoms. The molecule has 20 heavy (non-hydrogen) atoms. The number of hydrogen-bond donors (Lipinski definition) is 2. The molecule has 1 heterocycles. The van der Waals surface area contributed by atoms with Gasteiger partial charge in [-0.1, -0.05) is 4.32 Å². The number of quaternary nitrogens is 1. The normalized spacial score (nSPS) is 9.70. The molecule has 1 aromatic heterocycles. The molecular formula is C14H26N4S2. The zero-order valence-electron chi connectivity index (χ0n) is 13.1. The van der Waals surface area contributed by atoms with Gasteiger partial charge in [-0.2, -0.15) is 0 Å². The fourth-order valence-electron chi connectivity index (χ4n) is 1.58. The molecule has 0 amide bonds. The minimum absolute atomic E-state index is 0.310. The van der Waals surface area contributed by atoms with Gasteiger partial charge in [0.15, 0.2) is 0 Å². The maximum atomic E-state index is 4.72. The summed E-state index contributed by atoms with van der Waals surface area (Å²) in [6, 6.07) is 3.79. The number of thiocarbonyl (C=S) groups is 1. The van der Waals surface area contributed by atoms with Crippen LogP contribution in [0.1, 0.15) is 20.8 Å². The van der Waals surface area contributed by atoms with Crippen molar-refractivity contribution in [1.82, 2.24) is 4.98 Å². The Kier molecular flexibility index (Phi) is 10.2. The molecule has 1 aromatic rings. The minimum atomic E-state index is 0.310. The molecule has 0 aliphatic carbocycles. The van der Waals surface area contributed by atoms with E-state index < -0.39 is 0 Å². The second kappa shape index (κ2) is 10.8. The number of aromatic nitrogens is 1. The molecule has 114 valence electrons. The Hall–Kier alpha value is -0.980. The summed E-state index contributed by atoms with van der Waals surface area (Å²) < 4.78 is 0.310. The van der Waals surface area contributed by atoms with E-state index in [1.165, 1.54) is 19.6 Å². The Bertz CT molecular complexity index is 370. The first-order chi connectivity index (χ1) is 9.44. The molecule has 0 radical (unpaired) electrons. The Labute approximate surface area is 134 Å². The Morgan fingerprint density at radius 2 is 1.80 bits per heavy atom. The number of pyridine rings is 1. The largest absolute Gasteiger partial charge is 0.411 e. The van der Waals surface area contributed by atoms with Crippen molar-refractivity contribution in [2.24, 2.45) is 0 Å². The van der Waals surface area contributed by atoms with E-state index in [2.05, 4.69) is 31.1 Å². The third-order valence-electron chi connectivity index (χ3n) is 2.99. The number of rotatable bonds is 5. The van der Waals surface area contributed by atoms with Gasteiger partial charge in [-0.3, -0.25) is 0 Å². The van der Waals surface area contributed by atoms with E-state index in [0.717, 1.165) is 5.69 Å². The SMILES string of the molecule is CC[NH+](CC)CC.CN(C)c1ccc(NC(=S)[S-])nc1. The van der Waals surface area contributed by atoms with Crippen LogP contribution in [-0.2, 0) is 12.6 Å². The summed E-state index contributed by atoms with van der Waals surface area (Å²) in [6.45, 7) is 10.5.